The summed E-state index contributed by atoms with van der Waals surface area (Å²) in [6.45, 7) is 2.48. The molecule has 2 aromatic rings. The summed E-state index contributed by atoms with van der Waals surface area (Å²) < 4.78 is 7.17. The maximum atomic E-state index is 12.5. The first-order valence-electron chi connectivity index (χ1n) is 8.64. The number of nitrogens with one attached hydrogen (secondary N) is 1. The van der Waals surface area contributed by atoms with Crippen LogP contribution in [0.3, 0.4) is 0 Å². The molecule has 1 N–H and O–H groups in total. The molecule has 0 aliphatic carbocycles. The van der Waals surface area contributed by atoms with Gasteiger partial charge in [-0.15, -0.1) is 0 Å². The molecule has 0 atom stereocenters. The first-order chi connectivity index (χ1) is 13.5. The van der Waals surface area contributed by atoms with Crippen LogP contribution in [0.2, 0.25) is 0 Å². The summed E-state index contributed by atoms with van der Waals surface area (Å²) in [5, 5.41) is 2.72. The van der Waals surface area contributed by atoms with Crippen LogP contribution in [0.15, 0.2) is 51.9 Å². The van der Waals surface area contributed by atoms with E-state index in [4.69, 9.17) is 4.74 Å². The molecule has 0 fully saturated rings. The van der Waals surface area contributed by atoms with Gasteiger partial charge in [-0.25, -0.2) is 4.79 Å². The highest BCUT2D eigenvalue weighted by atomic mass is 79.9. The lowest BCUT2D eigenvalue weighted by Crippen LogP contribution is -2.21. The van der Waals surface area contributed by atoms with Crippen molar-refractivity contribution in [3.05, 3.63) is 63.6 Å². The molecular weight excluding hydrogens is 460 g/mol. The summed E-state index contributed by atoms with van der Waals surface area (Å²) in [6, 6.07) is 12.8. The maximum absolute atomic E-state index is 12.5. The quantitative estimate of drug-likeness (QED) is 0.598. The number of rotatable bonds is 6. The van der Waals surface area contributed by atoms with E-state index in [1.165, 1.54) is 0 Å². The number of benzene rings is 2. The van der Waals surface area contributed by atoms with Crippen molar-refractivity contribution in [2.45, 2.75) is 12.7 Å². The Morgan fingerprint density at radius 2 is 2.11 bits per heavy atom. The van der Waals surface area contributed by atoms with Crippen LogP contribution in [0, 0.1) is 6.92 Å². The fourth-order valence-corrected chi connectivity index (χ4v) is 4.86. The molecule has 2 aromatic carbocycles. The van der Waals surface area contributed by atoms with E-state index in [1.807, 2.05) is 31.2 Å². The standard InChI is InChI=1S/C20H19BrN2O3S2/c1-13-6-7-15(10-17(13)21)23-18(24)11-26-19(25)16-5-3-2-4-14(16)12-28-20-22-8-9-27-20/h2-7,10H,8-9,11-12H2,1H3,(H,23,24). The third-order valence-electron chi connectivity index (χ3n) is 3.94. The van der Waals surface area contributed by atoms with E-state index < -0.39 is 5.97 Å². The van der Waals surface area contributed by atoms with E-state index >= 15 is 0 Å². The summed E-state index contributed by atoms with van der Waals surface area (Å²) in [4.78, 5) is 29.0. The van der Waals surface area contributed by atoms with Gasteiger partial charge in [0.2, 0.25) is 0 Å². The number of aliphatic imine (C=N–C) groups is 1. The molecule has 1 heterocycles. The number of aryl methyl sites for hydroxylation is 1. The minimum absolute atomic E-state index is 0.339. The monoisotopic (exact) mass is 478 g/mol. The molecule has 28 heavy (non-hydrogen) atoms. The smallest absolute Gasteiger partial charge is 0.338 e. The van der Waals surface area contributed by atoms with E-state index in [1.54, 1.807) is 41.7 Å². The van der Waals surface area contributed by atoms with Crippen LogP contribution in [0.5, 0.6) is 0 Å². The molecule has 0 saturated heterocycles. The predicted octanol–water partition coefficient (Wildman–Crippen LogP) is 4.89. The van der Waals surface area contributed by atoms with Gasteiger partial charge in [-0.1, -0.05) is 63.7 Å². The second-order valence-electron chi connectivity index (χ2n) is 6.03. The summed E-state index contributed by atoms with van der Waals surface area (Å²) in [5.41, 5.74) is 3.06. The molecule has 1 aliphatic rings. The molecule has 0 aromatic heterocycles. The Morgan fingerprint density at radius 1 is 1.29 bits per heavy atom. The van der Waals surface area contributed by atoms with Gasteiger partial charge in [-0.05, 0) is 36.2 Å². The molecule has 3 rings (SSSR count). The van der Waals surface area contributed by atoms with Crippen LogP contribution in [-0.2, 0) is 15.3 Å². The number of carbonyl (C=O) groups is 2. The minimum atomic E-state index is -0.502. The molecule has 1 amide bonds. The first-order valence-corrected chi connectivity index (χ1v) is 11.4. The van der Waals surface area contributed by atoms with Crippen molar-refractivity contribution < 1.29 is 14.3 Å². The normalized spacial score (nSPS) is 13.1. The average Bonchev–Trinajstić information content (AvgIpc) is 3.21. The Hall–Kier alpha value is -1.77. The summed E-state index contributed by atoms with van der Waals surface area (Å²) >= 11 is 6.78. The summed E-state index contributed by atoms with van der Waals surface area (Å²) in [7, 11) is 0. The molecule has 8 heteroatoms. The van der Waals surface area contributed by atoms with Crippen LogP contribution in [-0.4, -0.2) is 35.2 Å². The Kier molecular flexibility index (Phi) is 7.58. The van der Waals surface area contributed by atoms with E-state index in [2.05, 4.69) is 26.2 Å². The predicted molar refractivity (Wildman–Crippen MR) is 120 cm³/mol. The average molecular weight is 479 g/mol. The number of thioether (sulfide) groups is 2. The number of carbonyl (C=O) groups excluding carboxylic acids is 2. The fraction of sp³-hybridized carbons (Fsp3) is 0.250. The Morgan fingerprint density at radius 3 is 2.86 bits per heavy atom. The lowest BCUT2D eigenvalue weighted by Gasteiger charge is -2.10. The molecule has 0 radical (unpaired) electrons. The minimum Gasteiger partial charge on any atom is -0.452 e. The highest BCUT2D eigenvalue weighted by Crippen LogP contribution is 2.26. The lowest BCUT2D eigenvalue weighted by atomic mass is 10.1. The van der Waals surface area contributed by atoms with E-state index in [0.29, 0.717) is 17.0 Å². The second-order valence-corrected chi connectivity index (χ2v) is 9.19. The van der Waals surface area contributed by atoms with Crippen LogP contribution in [0.4, 0.5) is 5.69 Å². The first kappa shape index (κ1) is 21.0. The van der Waals surface area contributed by atoms with Gasteiger partial charge in [0.15, 0.2) is 6.61 Å². The van der Waals surface area contributed by atoms with Crippen molar-refractivity contribution >= 4 is 61.4 Å². The van der Waals surface area contributed by atoms with E-state index in [-0.39, 0.29) is 12.5 Å². The van der Waals surface area contributed by atoms with Gasteiger partial charge < -0.3 is 10.1 Å². The van der Waals surface area contributed by atoms with Crippen LogP contribution < -0.4 is 5.32 Å². The fourth-order valence-electron chi connectivity index (χ4n) is 2.46. The number of amides is 1. The Balaban J connectivity index is 1.55. The Labute approximate surface area is 180 Å². The van der Waals surface area contributed by atoms with Gasteiger partial charge in [0.1, 0.15) is 4.38 Å². The van der Waals surface area contributed by atoms with Crippen LogP contribution in [0.25, 0.3) is 0 Å². The number of halogens is 1. The third kappa shape index (κ3) is 5.86. The van der Waals surface area contributed by atoms with Crippen molar-refractivity contribution in [3.8, 4) is 0 Å². The number of hydrogen-bond acceptors (Lipinski definition) is 6. The zero-order valence-corrected chi connectivity index (χ0v) is 18.5. The third-order valence-corrected chi connectivity index (χ3v) is 7.09. The van der Waals surface area contributed by atoms with Gasteiger partial charge in [0.25, 0.3) is 5.91 Å². The van der Waals surface area contributed by atoms with Gasteiger partial charge in [-0.3, -0.25) is 9.79 Å². The number of ether oxygens (including phenoxy) is 1. The number of esters is 1. The molecular formula is C20H19BrN2O3S2. The number of nitrogens with zero attached hydrogens (tertiary/aromatic N) is 1. The van der Waals surface area contributed by atoms with Crippen molar-refractivity contribution in [1.82, 2.24) is 0 Å². The molecule has 5 nitrogen and oxygen atoms in total. The van der Waals surface area contributed by atoms with Crippen molar-refractivity contribution in [1.29, 1.82) is 0 Å². The van der Waals surface area contributed by atoms with Crippen LogP contribution >= 0.6 is 39.5 Å². The molecule has 1 aliphatic heterocycles. The Bertz CT molecular complexity index is 918. The van der Waals surface area contributed by atoms with Crippen molar-refractivity contribution in [2.75, 3.05) is 24.2 Å². The van der Waals surface area contributed by atoms with Gasteiger partial charge in [-0.2, -0.15) is 0 Å². The highest BCUT2D eigenvalue weighted by molar-refractivity contribution is 9.10. The molecule has 146 valence electrons. The second kappa shape index (κ2) is 10.1. The molecule has 0 spiro atoms. The van der Waals surface area contributed by atoms with Crippen LogP contribution in [0.1, 0.15) is 21.5 Å². The lowest BCUT2D eigenvalue weighted by molar-refractivity contribution is -0.119. The SMILES string of the molecule is Cc1ccc(NC(=O)COC(=O)c2ccccc2CSC2=NCCS2)cc1Br. The molecule has 0 saturated carbocycles. The van der Waals surface area contributed by atoms with Crippen molar-refractivity contribution in [3.63, 3.8) is 0 Å². The summed E-state index contributed by atoms with van der Waals surface area (Å²) in [5.74, 6) is 0.768. The van der Waals surface area contributed by atoms with Gasteiger partial charge >= 0.3 is 5.97 Å². The largest absolute Gasteiger partial charge is 0.452 e. The zero-order valence-electron chi connectivity index (χ0n) is 15.2. The zero-order chi connectivity index (χ0) is 19.9. The van der Waals surface area contributed by atoms with Gasteiger partial charge in [0, 0.05) is 21.7 Å². The van der Waals surface area contributed by atoms with Gasteiger partial charge in [0.05, 0.1) is 12.1 Å². The molecule has 0 bridgehead atoms. The van der Waals surface area contributed by atoms with E-state index in [0.717, 1.165) is 32.3 Å². The molecule has 0 unspecified atom stereocenters. The number of hydrogen-bond donors (Lipinski definition) is 1. The number of anilines is 1. The highest BCUT2D eigenvalue weighted by Gasteiger charge is 2.16. The maximum Gasteiger partial charge on any atom is 0.338 e. The summed E-state index contributed by atoms with van der Waals surface area (Å²) in [6.07, 6.45) is 0. The topological polar surface area (TPSA) is 67.8 Å². The van der Waals surface area contributed by atoms with E-state index in [9.17, 15) is 9.59 Å². The van der Waals surface area contributed by atoms with Crippen molar-refractivity contribution in [2.24, 2.45) is 4.99 Å².